The SMILES string of the molecule is CC(C)n1ncc2cnc(C(=O)N[C@H]3COc4ccccc4N(C)C3=O)nc21. The summed E-state index contributed by atoms with van der Waals surface area (Å²) < 4.78 is 7.44. The summed E-state index contributed by atoms with van der Waals surface area (Å²) >= 11 is 0. The Hall–Kier alpha value is -3.49. The maximum atomic E-state index is 12.8. The van der Waals surface area contributed by atoms with Gasteiger partial charge in [0, 0.05) is 19.3 Å². The molecule has 3 aromatic rings. The zero-order valence-corrected chi connectivity index (χ0v) is 15.8. The molecule has 0 spiro atoms. The lowest BCUT2D eigenvalue weighted by molar-refractivity contribution is -0.120. The van der Waals surface area contributed by atoms with E-state index in [9.17, 15) is 9.59 Å². The molecule has 2 aromatic heterocycles. The molecular formula is C19H20N6O3. The molecule has 2 amide bonds. The van der Waals surface area contributed by atoms with Gasteiger partial charge in [0.2, 0.25) is 5.82 Å². The van der Waals surface area contributed by atoms with E-state index in [1.165, 1.54) is 4.90 Å². The molecule has 1 N–H and O–H groups in total. The van der Waals surface area contributed by atoms with Crippen LogP contribution >= 0.6 is 0 Å². The number of fused-ring (bicyclic) bond motifs is 2. The van der Waals surface area contributed by atoms with Crippen molar-refractivity contribution in [2.45, 2.75) is 25.9 Å². The van der Waals surface area contributed by atoms with Crippen LogP contribution in [0.5, 0.6) is 5.75 Å². The number of nitrogens with zero attached hydrogens (tertiary/aromatic N) is 5. The molecule has 0 saturated heterocycles. The van der Waals surface area contributed by atoms with E-state index in [1.807, 2.05) is 26.0 Å². The Labute approximate surface area is 161 Å². The molecule has 0 aliphatic carbocycles. The summed E-state index contributed by atoms with van der Waals surface area (Å²) in [5.74, 6) is -0.243. The molecular weight excluding hydrogens is 360 g/mol. The maximum Gasteiger partial charge on any atom is 0.289 e. The predicted octanol–water partition coefficient (Wildman–Crippen LogP) is 1.56. The van der Waals surface area contributed by atoms with Gasteiger partial charge in [-0.25, -0.2) is 14.6 Å². The van der Waals surface area contributed by atoms with E-state index in [2.05, 4.69) is 20.4 Å². The summed E-state index contributed by atoms with van der Waals surface area (Å²) in [6.45, 7) is 3.98. The van der Waals surface area contributed by atoms with Crippen molar-refractivity contribution in [3.8, 4) is 5.75 Å². The summed E-state index contributed by atoms with van der Waals surface area (Å²) in [7, 11) is 1.65. The molecule has 1 atom stereocenters. The third-order valence-corrected chi connectivity index (χ3v) is 4.59. The van der Waals surface area contributed by atoms with Crippen molar-refractivity contribution in [3.05, 3.63) is 42.5 Å². The summed E-state index contributed by atoms with van der Waals surface area (Å²) in [5, 5.41) is 7.70. The molecule has 144 valence electrons. The fraction of sp³-hybridized carbons (Fsp3) is 0.316. The topological polar surface area (TPSA) is 102 Å². The van der Waals surface area contributed by atoms with Gasteiger partial charge in [0.25, 0.3) is 11.8 Å². The first-order valence-corrected chi connectivity index (χ1v) is 8.96. The second-order valence-corrected chi connectivity index (χ2v) is 6.86. The summed E-state index contributed by atoms with van der Waals surface area (Å²) in [5.41, 5.74) is 1.23. The van der Waals surface area contributed by atoms with Crippen LogP contribution in [-0.4, -0.2) is 51.3 Å². The van der Waals surface area contributed by atoms with Crippen molar-refractivity contribution >= 4 is 28.5 Å². The number of aromatic nitrogens is 4. The highest BCUT2D eigenvalue weighted by molar-refractivity contribution is 6.02. The van der Waals surface area contributed by atoms with Crippen LogP contribution in [0.3, 0.4) is 0 Å². The fourth-order valence-corrected chi connectivity index (χ4v) is 3.10. The molecule has 9 nitrogen and oxygen atoms in total. The van der Waals surface area contributed by atoms with Crippen LogP contribution in [0.1, 0.15) is 30.5 Å². The summed E-state index contributed by atoms with van der Waals surface area (Å²) in [6, 6.07) is 6.48. The number of amides is 2. The number of para-hydroxylation sites is 2. The van der Waals surface area contributed by atoms with Gasteiger partial charge in [-0.15, -0.1) is 0 Å². The molecule has 1 aliphatic heterocycles. The van der Waals surface area contributed by atoms with E-state index in [-0.39, 0.29) is 24.4 Å². The smallest absolute Gasteiger partial charge is 0.289 e. The monoisotopic (exact) mass is 380 g/mol. The third-order valence-electron chi connectivity index (χ3n) is 4.59. The standard InChI is InChI=1S/C19H20N6O3/c1-11(2)25-17-12(9-21-25)8-20-16(23-17)18(26)22-13-10-28-15-7-5-4-6-14(15)24(3)19(13)27/h4-9,11,13H,10H2,1-3H3,(H,22,26)/t13-/m0/s1. The minimum Gasteiger partial charge on any atom is -0.489 e. The van der Waals surface area contributed by atoms with Crippen molar-refractivity contribution < 1.29 is 14.3 Å². The van der Waals surface area contributed by atoms with Gasteiger partial charge in [-0.3, -0.25) is 9.59 Å². The number of anilines is 1. The van der Waals surface area contributed by atoms with Gasteiger partial charge in [-0.2, -0.15) is 5.10 Å². The van der Waals surface area contributed by atoms with Gasteiger partial charge in [0.1, 0.15) is 18.4 Å². The average Bonchev–Trinajstić information content (AvgIpc) is 3.09. The first kappa shape index (κ1) is 17.9. The number of nitrogens with one attached hydrogen (secondary N) is 1. The number of carbonyl (C=O) groups is 2. The molecule has 3 heterocycles. The van der Waals surface area contributed by atoms with Gasteiger partial charge >= 0.3 is 0 Å². The Kier molecular flexibility index (Phi) is 4.42. The van der Waals surface area contributed by atoms with Crippen LogP contribution in [-0.2, 0) is 4.79 Å². The van der Waals surface area contributed by atoms with Crippen LogP contribution < -0.4 is 15.0 Å². The number of hydrogen-bond acceptors (Lipinski definition) is 6. The second-order valence-electron chi connectivity index (χ2n) is 6.86. The Morgan fingerprint density at radius 1 is 1.29 bits per heavy atom. The Balaban J connectivity index is 1.57. The molecule has 9 heteroatoms. The Bertz CT molecular complexity index is 1060. The number of carbonyl (C=O) groups excluding carboxylic acids is 2. The average molecular weight is 380 g/mol. The molecule has 1 aliphatic rings. The highest BCUT2D eigenvalue weighted by atomic mass is 16.5. The van der Waals surface area contributed by atoms with Crippen LogP contribution in [0.2, 0.25) is 0 Å². The molecule has 0 unspecified atom stereocenters. The lowest BCUT2D eigenvalue weighted by Crippen LogP contribution is -2.49. The zero-order chi connectivity index (χ0) is 19.8. The number of likely N-dealkylation sites (N-methyl/N-ethyl adjacent to an activating group) is 1. The van der Waals surface area contributed by atoms with Gasteiger partial charge < -0.3 is 15.0 Å². The minimum absolute atomic E-state index is 0.0212. The molecule has 0 bridgehead atoms. The van der Waals surface area contributed by atoms with E-state index in [4.69, 9.17) is 4.74 Å². The van der Waals surface area contributed by atoms with Crippen LogP contribution in [0.15, 0.2) is 36.7 Å². The lowest BCUT2D eigenvalue weighted by atomic mass is 10.2. The van der Waals surface area contributed by atoms with E-state index in [0.717, 1.165) is 5.39 Å². The number of rotatable bonds is 3. The first-order chi connectivity index (χ1) is 13.5. The summed E-state index contributed by atoms with van der Waals surface area (Å²) in [4.78, 5) is 35.4. The summed E-state index contributed by atoms with van der Waals surface area (Å²) in [6.07, 6.45) is 3.21. The quantitative estimate of drug-likeness (QED) is 0.740. The van der Waals surface area contributed by atoms with Crippen molar-refractivity contribution in [3.63, 3.8) is 0 Å². The predicted molar refractivity (Wildman–Crippen MR) is 102 cm³/mol. The highest BCUT2D eigenvalue weighted by Crippen LogP contribution is 2.29. The second kappa shape index (κ2) is 6.91. The van der Waals surface area contributed by atoms with Crippen molar-refractivity contribution in [2.75, 3.05) is 18.6 Å². The van der Waals surface area contributed by atoms with E-state index in [1.54, 1.807) is 36.3 Å². The van der Waals surface area contributed by atoms with Gasteiger partial charge in [0.05, 0.1) is 17.3 Å². The number of ether oxygens (including phenoxy) is 1. The number of benzene rings is 1. The molecule has 4 rings (SSSR count). The highest BCUT2D eigenvalue weighted by Gasteiger charge is 2.31. The minimum atomic E-state index is -0.848. The number of hydrogen-bond donors (Lipinski definition) is 1. The lowest BCUT2D eigenvalue weighted by Gasteiger charge is -2.20. The van der Waals surface area contributed by atoms with E-state index in [0.29, 0.717) is 17.1 Å². The Morgan fingerprint density at radius 2 is 2.07 bits per heavy atom. The van der Waals surface area contributed by atoms with E-state index >= 15 is 0 Å². The van der Waals surface area contributed by atoms with E-state index < -0.39 is 11.9 Å². The largest absolute Gasteiger partial charge is 0.489 e. The normalized spacial score (nSPS) is 16.6. The van der Waals surface area contributed by atoms with Crippen molar-refractivity contribution in [1.29, 1.82) is 0 Å². The molecule has 28 heavy (non-hydrogen) atoms. The third kappa shape index (κ3) is 3.04. The van der Waals surface area contributed by atoms with Crippen LogP contribution in [0.4, 0.5) is 5.69 Å². The van der Waals surface area contributed by atoms with Crippen molar-refractivity contribution in [2.24, 2.45) is 0 Å². The molecule has 1 aromatic carbocycles. The van der Waals surface area contributed by atoms with Crippen molar-refractivity contribution in [1.82, 2.24) is 25.1 Å². The molecule has 0 radical (unpaired) electrons. The molecule has 0 fully saturated rings. The van der Waals surface area contributed by atoms with Crippen LogP contribution in [0.25, 0.3) is 11.0 Å². The maximum absolute atomic E-state index is 12.8. The van der Waals surface area contributed by atoms with Gasteiger partial charge in [-0.05, 0) is 26.0 Å². The Morgan fingerprint density at radius 3 is 2.86 bits per heavy atom. The molecule has 0 saturated carbocycles. The first-order valence-electron chi connectivity index (χ1n) is 8.96. The zero-order valence-electron chi connectivity index (χ0n) is 15.8. The van der Waals surface area contributed by atoms with Gasteiger partial charge in [-0.1, -0.05) is 12.1 Å². The fourth-order valence-electron chi connectivity index (χ4n) is 3.10. The van der Waals surface area contributed by atoms with Gasteiger partial charge in [0.15, 0.2) is 5.65 Å². The van der Waals surface area contributed by atoms with Crippen LogP contribution in [0, 0.1) is 0 Å².